The molecular weight excluding hydrogens is 238 g/mol. The van der Waals surface area contributed by atoms with Crippen molar-refractivity contribution in [1.82, 2.24) is 4.90 Å². The van der Waals surface area contributed by atoms with Crippen LogP contribution in [0.3, 0.4) is 0 Å². The molecule has 1 saturated carbocycles. The molecule has 1 aliphatic rings. The number of nitrogens with zero attached hydrogens (tertiary/aromatic N) is 1. The molecule has 0 atom stereocenters. The molecule has 0 aromatic heterocycles. The standard InChI is InChI=1S/C12H24BrN/c1-2-3-4-5-6-10-14(11-9-13)12-7-8-12/h12H,2-11H2,1H3. The Bertz CT molecular complexity index is 134. The molecule has 0 unspecified atom stereocenters. The summed E-state index contributed by atoms with van der Waals surface area (Å²) in [5, 5.41) is 1.14. The summed E-state index contributed by atoms with van der Waals surface area (Å²) >= 11 is 3.54. The zero-order valence-electron chi connectivity index (χ0n) is 9.47. The third-order valence-electron chi connectivity index (χ3n) is 2.98. The average Bonchev–Trinajstić information content (AvgIpc) is 2.99. The van der Waals surface area contributed by atoms with Gasteiger partial charge in [0.1, 0.15) is 0 Å². The van der Waals surface area contributed by atoms with Gasteiger partial charge in [-0.15, -0.1) is 0 Å². The van der Waals surface area contributed by atoms with Gasteiger partial charge in [0.15, 0.2) is 0 Å². The van der Waals surface area contributed by atoms with Crippen LogP contribution in [0.15, 0.2) is 0 Å². The first-order valence-electron chi connectivity index (χ1n) is 6.18. The van der Waals surface area contributed by atoms with Gasteiger partial charge in [0.25, 0.3) is 0 Å². The Morgan fingerprint density at radius 2 is 1.79 bits per heavy atom. The topological polar surface area (TPSA) is 3.24 Å². The monoisotopic (exact) mass is 261 g/mol. The summed E-state index contributed by atoms with van der Waals surface area (Å²) in [6.07, 6.45) is 9.94. The van der Waals surface area contributed by atoms with Crippen molar-refractivity contribution < 1.29 is 0 Å². The Labute approximate surface area is 97.4 Å². The summed E-state index contributed by atoms with van der Waals surface area (Å²) in [5.41, 5.74) is 0. The predicted molar refractivity (Wildman–Crippen MR) is 67.1 cm³/mol. The minimum Gasteiger partial charge on any atom is -0.300 e. The third kappa shape index (κ3) is 5.35. The van der Waals surface area contributed by atoms with Crippen LogP contribution < -0.4 is 0 Å². The van der Waals surface area contributed by atoms with E-state index >= 15 is 0 Å². The average molecular weight is 262 g/mol. The van der Waals surface area contributed by atoms with Crippen molar-refractivity contribution in [3.05, 3.63) is 0 Å². The van der Waals surface area contributed by atoms with Gasteiger partial charge in [-0.25, -0.2) is 0 Å². The molecule has 0 aromatic rings. The Kier molecular flexibility index (Phi) is 6.88. The van der Waals surface area contributed by atoms with Gasteiger partial charge in [0.2, 0.25) is 0 Å². The second-order valence-corrected chi connectivity index (χ2v) is 5.16. The Balaban J connectivity index is 1.96. The van der Waals surface area contributed by atoms with Gasteiger partial charge in [-0.05, 0) is 25.8 Å². The third-order valence-corrected chi connectivity index (χ3v) is 3.34. The zero-order valence-corrected chi connectivity index (χ0v) is 11.1. The Morgan fingerprint density at radius 1 is 1.07 bits per heavy atom. The van der Waals surface area contributed by atoms with Gasteiger partial charge in [-0.3, -0.25) is 4.90 Å². The van der Waals surface area contributed by atoms with E-state index < -0.39 is 0 Å². The van der Waals surface area contributed by atoms with Gasteiger partial charge in [0, 0.05) is 17.9 Å². The van der Waals surface area contributed by atoms with Gasteiger partial charge in [-0.2, -0.15) is 0 Å². The second kappa shape index (κ2) is 7.70. The molecule has 84 valence electrons. The highest BCUT2D eigenvalue weighted by atomic mass is 79.9. The molecule has 0 aliphatic heterocycles. The van der Waals surface area contributed by atoms with Crippen molar-refractivity contribution in [2.75, 3.05) is 18.4 Å². The molecule has 1 rings (SSSR count). The van der Waals surface area contributed by atoms with E-state index in [2.05, 4.69) is 27.8 Å². The maximum absolute atomic E-state index is 3.54. The maximum atomic E-state index is 3.54. The van der Waals surface area contributed by atoms with Crippen LogP contribution in [0, 0.1) is 0 Å². The number of halogens is 1. The normalized spacial score (nSPS) is 16.5. The first-order valence-corrected chi connectivity index (χ1v) is 7.30. The molecule has 1 fully saturated rings. The van der Waals surface area contributed by atoms with E-state index in [1.807, 2.05) is 0 Å². The molecule has 0 saturated heterocycles. The molecule has 14 heavy (non-hydrogen) atoms. The fourth-order valence-electron chi connectivity index (χ4n) is 1.94. The van der Waals surface area contributed by atoms with Crippen LogP contribution in [-0.4, -0.2) is 29.4 Å². The van der Waals surface area contributed by atoms with E-state index in [4.69, 9.17) is 0 Å². The minimum absolute atomic E-state index is 0.943. The first kappa shape index (κ1) is 12.5. The van der Waals surface area contributed by atoms with Gasteiger partial charge in [0.05, 0.1) is 0 Å². The fourth-order valence-corrected chi connectivity index (χ4v) is 2.40. The van der Waals surface area contributed by atoms with Crippen LogP contribution in [0.5, 0.6) is 0 Å². The van der Waals surface area contributed by atoms with Crippen LogP contribution in [0.25, 0.3) is 0 Å². The van der Waals surface area contributed by atoms with Gasteiger partial charge >= 0.3 is 0 Å². The second-order valence-electron chi connectivity index (χ2n) is 4.37. The van der Waals surface area contributed by atoms with Gasteiger partial charge < -0.3 is 0 Å². The Morgan fingerprint density at radius 3 is 2.36 bits per heavy atom. The van der Waals surface area contributed by atoms with E-state index in [0.29, 0.717) is 0 Å². The smallest absolute Gasteiger partial charge is 0.0159 e. The molecule has 0 N–H and O–H groups in total. The summed E-state index contributed by atoms with van der Waals surface area (Å²) < 4.78 is 0. The fraction of sp³-hybridized carbons (Fsp3) is 1.00. The first-order chi connectivity index (χ1) is 6.88. The molecule has 0 amide bonds. The lowest BCUT2D eigenvalue weighted by atomic mass is 10.1. The van der Waals surface area contributed by atoms with Crippen LogP contribution in [-0.2, 0) is 0 Å². The molecule has 1 aliphatic carbocycles. The number of rotatable bonds is 9. The summed E-state index contributed by atoms with van der Waals surface area (Å²) in [6, 6.07) is 0.943. The van der Waals surface area contributed by atoms with E-state index in [1.54, 1.807) is 0 Å². The number of hydrogen-bond donors (Lipinski definition) is 0. The van der Waals surface area contributed by atoms with Crippen molar-refractivity contribution in [1.29, 1.82) is 0 Å². The summed E-state index contributed by atoms with van der Waals surface area (Å²) in [5.74, 6) is 0. The van der Waals surface area contributed by atoms with E-state index in [1.165, 1.54) is 58.0 Å². The van der Waals surface area contributed by atoms with E-state index in [9.17, 15) is 0 Å². The predicted octanol–water partition coefficient (Wildman–Crippen LogP) is 3.82. The van der Waals surface area contributed by atoms with E-state index in [0.717, 1.165) is 11.4 Å². The molecule has 0 radical (unpaired) electrons. The van der Waals surface area contributed by atoms with Crippen molar-refractivity contribution in [2.45, 2.75) is 57.9 Å². The number of alkyl halides is 1. The van der Waals surface area contributed by atoms with Crippen molar-refractivity contribution in [3.63, 3.8) is 0 Å². The minimum atomic E-state index is 0.943. The van der Waals surface area contributed by atoms with Crippen LogP contribution in [0.1, 0.15) is 51.9 Å². The molecule has 0 bridgehead atoms. The van der Waals surface area contributed by atoms with Crippen LogP contribution in [0.4, 0.5) is 0 Å². The highest BCUT2D eigenvalue weighted by Gasteiger charge is 2.27. The molecule has 0 spiro atoms. The Hall–Kier alpha value is 0.440. The number of hydrogen-bond acceptors (Lipinski definition) is 1. The summed E-state index contributed by atoms with van der Waals surface area (Å²) in [6.45, 7) is 4.86. The van der Waals surface area contributed by atoms with Crippen molar-refractivity contribution in [2.24, 2.45) is 0 Å². The molecule has 0 aromatic carbocycles. The quantitative estimate of drug-likeness (QED) is 0.451. The molecular formula is C12H24BrN. The zero-order chi connectivity index (χ0) is 10.2. The van der Waals surface area contributed by atoms with E-state index in [-0.39, 0.29) is 0 Å². The highest BCUT2D eigenvalue weighted by Crippen LogP contribution is 2.27. The SMILES string of the molecule is CCCCCCCN(CCBr)C1CC1. The lowest BCUT2D eigenvalue weighted by Crippen LogP contribution is -2.29. The summed E-state index contributed by atoms with van der Waals surface area (Å²) in [4.78, 5) is 2.67. The largest absolute Gasteiger partial charge is 0.300 e. The van der Waals surface area contributed by atoms with Crippen LogP contribution in [0.2, 0.25) is 0 Å². The van der Waals surface area contributed by atoms with Crippen molar-refractivity contribution in [3.8, 4) is 0 Å². The molecule has 0 heterocycles. The number of unbranched alkanes of at least 4 members (excludes halogenated alkanes) is 4. The lowest BCUT2D eigenvalue weighted by Gasteiger charge is -2.20. The van der Waals surface area contributed by atoms with Gasteiger partial charge in [-0.1, -0.05) is 48.5 Å². The molecule has 2 heteroatoms. The molecule has 1 nitrogen and oxygen atoms in total. The van der Waals surface area contributed by atoms with Crippen LogP contribution >= 0.6 is 15.9 Å². The lowest BCUT2D eigenvalue weighted by molar-refractivity contribution is 0.273. The highest BCUT2D eigenvalue weighted by molar-refractivity contribution is 9.09. The maximum Gasteiger partial charge on any atom is 0.0159 e. The van der Waals surface area contributed by atoms with Crippen molar-refractivity contribution >= 4 is 15.9 Å². The summed E-state index contributed by atoms with van der Waals surface area (Å²) in [7, 11) is 0.